The molecule has 0 aromatic heterocycles. The summed E-state index contributed by atoms with van der Waals surface area (Å²) in [6.45, 7) is 1.08. The highest BCUT2D eigenvalue weighted by Crippen LogP contribution is 2.49. The van der Waals surface area contributed by atoms with Gasteiger partial charge in [-0.25, -0.2) is 8.79 Å². The van der Waals surface area contributed by atoms with Gasteiger partial charge in [-0.1, -0.05) is 6.07 Å². The van der Waals surface area contributed by atoms with E-state index >= 15 is 0 Å². The molecule has 1 heterocycles. The third-order valence-electron chi connectivity index (χ3n) is 6.51. The summed E-state index contributed by atoms with van der Waals surface area (Å²) in [5.41, 5.74) is 3.50. The number of likely N-dealkylation sites (N-methyl/N-ethyl adjacent to an activating group) is 1. The SMILES string of the molecule is COc1ccc([C@@]23CC/C(=N/SNc4ccc(F)cc4)C[C@@H]2N(C)CC3)cc1OC. The van der Waals surface area contributed by atoms with Gasteiger partial charge in [0.05, 0.1) is 26.4 Å². The van der Waals surface area contributed by atoms with Gasteiger partial charge in [-0.05, 0) is 74.8 Å². The van der Waals surface area contributed by atoms with Gasteiger partial charge in [0.25, 0.3) is 0 Å². The standard InChI is InChI=1S/C23H28FN3O2S/c1-27-13-12-23(16-4-9-20(28-2)21(14-16)29-3)11-10-19(15-22(23)27)26-30-25-18-7-5-17(24)6-8-18/h4-9,14,22,25H,10-13,15H2,1-3H3/b26-19-/t22-,23-/m0/s1. The number of likely N-dealkylation sites (tertiary alicyclic amines) is 1. The molecule has 5 nitrogen and oxygen atoms in total. The molecule has 0 spiro atoms. The molecule has 0 radical (unpaired) electrons. The van der Waals surface area contributed by atoms with Crippen LogP contribution in [0.5, 0.6) is 11.5 Å². The number of hydrogen-bond acceptors (Lipinski definition) is 6. The van der Waals surface area contributed by atoms with Crippen LogP contribution in [0.15, 0.2) is 46.9 Å². The fourth-order valence-corrected chi connectivity index (χ4v) is 5.41. The van der Waals surface area contributed by atoms with Crippen molar-refractivity contribution in [1.82, 2.24) is 4.90 Å². The molecular weight excluding hydrogens is 401 g/mol. The molecule has 1 aliphatic heterocycles. The molecule has 0 amide bonds. The van der Waals surface area contributed by atoms with Gasteiger partial charge >= 0.3 is 0 Å². The van der Waals surface area contributed by atoms with Crippen molar-refractivity contribution in [2.45, 2.75) is 37.1 Å². The van der Waals surface area contributed by atoms with E-state index in [4.69, 9.17) is 13.9 Å². The van der Waals surface area contributed by atoms with Crippen LogP contribution in [0.2, 0.25) is 0 Å². The zero-order valence-electron chi connectivity index (χ0n) is 17.7. The number of hydrogen-bond donors (Lipinski definition) is 1. The van der Waals surface area contributed by atoms with Crippen LogP contribution in [0.3, 0.4) is 0 Å². The van der Waals surface area contributed by atoms with Crippen molar-refractivity contribution < 1.29 is 13.9 Å². The first-order valence-electron chi connectivity index (χ1n) is 10.2. The number of halogens is 1. The molecule has 7 heteroatoms. The highest BCUT2D eigenvalue weighted by molar-refractivity contribution is 7.99. The minimum Gasteiger partial charge on any atom is -0.493 e. The Labute approximate surface area is 181 Å². The zero-order valence-corrected chi connectivity index (χ0v) is 18.5. The molecule has 1 saturated heterocycles. The molecule has 1 saturated carbocycles. The van der Waals surface area contributed by atoms with Crippen LogP contribution in [-0.2, 0) is 5.41 Å². The smallest absolute Gasteiger partial charge is 0.161 e. The number of benzene rings is 2. The summed E-state index contributed by atoms with van der Waals surface area (Å²) >= 11 is 1.32. The van der Waals surface area contributed by atoms with E-state index in [0.29, 0.717) is 6.04 Å². The van der Waals surface area contributed by atoms with Crippen LogP contribution >= 0.6 is 12.1 Å². The predicted octanol–water partition coefficient (Wildman–Crippen LogP) is 5.09. The summed E-state index contributed by atoms with van der Waals surface area (Å²) in [5.74, 6) is 1.32. The molecule has 2 atom stereocenters. The summed E-state index contributed by atoms with van der Waals surface area (Å²) in [7, 11) is 5.57. The normalized spacial score (nSPS) is 25.2. The second-order valence-corrected chi connectivity index (χ2v) is 8.60. The maximum atomic E-state index is 13.0. The Morgan fingerprint density at radius 2 is 1.87 bits per heavy atom. The highest BCUT2D eigenvalue weighted by atomic mass is 32.2. The van der Waals surface area contributed by atoms with Crippen molar-refractivity contribution in [3.8, 4) is 11.5 Å². The third-order valence-corrected chi connectivity index (χ3v) is 7.19. The Morgan fingerprint density at radius 3 is 2.60 bits per heavy atom. The monoisotopic (exact) mass is 429 g/mol. The van der Waals surface area contributed by atoms with E-state index in [2.05, 4.69) is 28.8 Å². The van der Waals surface area contributed by atoms with Gasteiger partial charge < -0.3 is 19.1 Å². The van der Waals surface area contributed by atoms with Crippen molar-refractivity contribution in [3.05, 3.63) is 53.8 Å². The molecule has 160 valence electrons. The Bertz CT molecular complexity index is 921. The lowest BCUT2D eigenvalue weighted by Crippen LogP contribution is -2.46. The van der Waals surface area contributed by atoms with E-state index in [9.17, 15) is 4.39 Å². The molecule has 2 aromatic rings. The van der Waals surface area contributed by atoms with Crippen molar-refractivity contribution in [1.29, 1.82) is 0 Å². The van der Waals surface area contributed by atoms with E-state index in [1.165, 1.54) is 35.5 Å². The fourth-order valence-electron chi connectivity index (χ4n) is 4.82. The van der Waals surface area contributed by atoms with Crippen LogP contribution in [0.4, 0.5) is 10.1 Å². The van der Waals surface area contributed by atoms with E-state index in [-0.39, 0.29) is 11.2 Å². The molecular formula is C23H28FN3O2S. The number of fused-ring (bicyclic) bond motifs is 1. The first-order valence-corrected chi connectivity index (χ1v) is 11.0. The summed E-state index contributed by atoms with van der Waals surface area (Å²) in [6, 6.07) is 13.1. The lowest BCUT2D eigenvalue weighted by atomic mass is 9.65. The highest BCUT2D eigenvalue weighted by Gasteiger charge is 2.49. The maximum absolute atomic E-state index is 13.0. The summed E-state index contributed by atoms with van der Waals surface area (Å²) < 4.78 is 32.0. The maximum Gasteiger partial charge on any atom is 0.161 e. The van der Waals surface area contributed by atoms with E-state index in [1.807, 2.05) is 6.07 Å². The van der Waals surface area contributed by atoms with E-state index < -0.39 is 0 Å². The van der Waals surface area contributed by atoms with Gasteiger partial charge in [-0.2, -0.15) is 0 Å². The lowest BCUT2D eigenvalue weighted by molar-refractivity contribution is 0.226. The summed E-state index contributed by atoms with van der Waals surface area (Å²) in [4.78, 5) is 2.46. The van der Waals surface area contributed by atoms with Crippen molar-refractivity contribution in [2.24, 2.45) is 4.40 Å². The number of methoxy groups -OCH3 is 2. The predicted molar refractivity (Wildman–Crippen MR) is 121 cm³/mol. The summed E-state index contributed by atoms with van der Waals surface area (Å²) in [5, 5.41) is 0. The van der Waals surface area contributed by atoms with Crippen LogP contribution in [0.25, 0.3) is 0 Å². The third kappa shape index (κ3) is 4.01. The topological polar surface area (TPSA) is 46.1 Å². The molecule has 0 unspecified atom stereocenters. The largest absolute Gasteiger partial charge is 0.493 e. The average molecular weight is 430 g/mol. The first kappa shape index (κ1) is 21.0. The number of nitrogens with zero attached hydrogens (tertiary/aromatic N) is 2. The second kappa shape index (κ2) is 8.86. The Kier molecular flexibility index (Phi) is 6.20. The molecule has 2 fully saturated rings. The molecule has 1 N–H and O–H groups in total. The van der Waals surface area contributed by atoms with Gasteiger partial charge in [0.2, 0.25) is 0 Å². The van der Waals surface area contributed by atoms with Crippen molar-refractivity contribution in [2.75, 3.05) is 32.5 Å². The quantitative estimate of drug-likeness (QED) is 0.649. The van der Waals surface area contributed by atoms with Crippen molar-refractivity contribution in [3.63, 3.8) is 0 Å². The van der Waals surface area contributed by atoms with Crippen LogP contribution in [0.1, 0.15) is 31.2 Å². The number of ether oxygens (including phenoxy) is 2. The Morgan fingerprint density at radius 1 is 1.10 bits per heavy atom. The molecule has 2 aliphatic rings. The minimum atomic E-state index is -0.236. The molecule has 2 aromatic carbocycles. The van der Waals surface area contributed by atoms with Crippen LogP contribution < -0.4 is 14.2 Å². The molecule has 4 rings (SSSR count). The average Bonchev–Trinajstić information content (AvgIpc) is 3.12. The molecule has 1 aliphatic carbocycles. The van der Waals surface area contributed by atoms with Crippen LogP contribution in [-0.4, -0.2) is 44.5 Å². The van der Waals surface area contributed by atoms with Crippen LogP contribution in [0, 0.1) is 5.82 Å². The fraction of sp³-hybridized carbons (Fsp3) is 0.435. The van der Waals surface area contributed by atoms with E-state index in [1.54, 1.807) is 26.4 Å². The van der Waals surface area contributed by atoms with Gasteiger partial charge in [-0.15, -0.1) is 0 Å². The number of rotatable bonds is 6. The Hall–Kier alpha value is -2.25. The Balaban J connectivity index is 1.50. The van der Waals surface area contributed by atoms with Crippen molar-refractivity contribution >= 4 is 23.5 Å². The van der Waals surface area contributed by atoms with Gasteiger partial charge in [0, 0.05) is 29.3 Å². The summed E-state index contributed by atoms with van der Waals surface area (Å²) in [6.07, 6.45) is 4.12. The number of anilines is 1. The number of nitrogens with one attached hydrogen (secondary N) is 1. The first-order chi connectivity index (χ1) is 14.6. The zero-order chi connectivity index (χ0) is 21.1. The van der Waals surface area contributed by atoms with Gasteiger partial charge in [0.1, 0.15) is 5.82 Å². The van der Waals surface area contributed by atoms with Gasteiger partial charge in [0.15, 0.2) is 11.5 Å². The molecule has 0 bridgehead atoms. The second-order valence-electron chi connectivity index (χ2n) is 8.03. The molecule has 30 heavy (non-hydrogen) atoms. The minimum absolute atomic E-state index is 0.113. The lowest BCUT2D eigenvalue weighted by Gasteiger charge is -2.42. The van der Waals surface area contributed by atoms with Gasteiger partial charge in [-0.3, -0.25) is 0 Å². The van der Waals surface area contributed by atoms with E-state index in [0.717, 1.165) is 49.4 Å².